The molecule has 3 nitrogen and oxygen atoms in total. The number of piperidine rings is 1. The monoisotopic (exact) mass is 274 g/mol. The van der Waals surface area contributed by atoms with Crippen LogP contribution < -0.4 is 10.6 Å². The minimum atomic E-state index is -0.405. The van der Waals surface area contributed by atoms with Crippen molar-refractivity contribution in [2.24, 2.45) is 11.7 Å². The Hall–Kier alpha value is -1.06. The van der Waals surface area contributed by atoms with Gasteiger partial charge in [-0.2, -0.15) is 0 Å². The summed E-state index contributed by atoms with van der Waals surface area (Å²) in [6.07, 6.45) is 5.48. The molecule has 0 radical (unpaired) electrons. The van der Waals surface area contributed by atoms with Gasteiger partial charge in [0.2, 0.25) is 0 Å². The summed E-state index contributed by atoms with van der Waals surface area (Å²) in [4.78, 5) is 2.43. The highest BCUT2D eigenvalue weighted by Gasteiger charge is 2.42. The molecule has 20 heavy (non-hydrogen) atoms. The first-order valence-corrected chi connectivity index (χ1v) is 7.92. The third-order valence-corrected chi connectivity index (χ3v) is 5.20. The van der Waals surface area contributed by atoms with Crippen molar-refractivity contribution in [2.75, 3.05) is 18.0 Å². The summed E-state index contributed by atoms with van der Waals surface area (Å²) in [7, 11) is 0. The lowest BCUT2D eigenvalue weighted by atomic mass is 9.71. The molecule has 1 saturated carbocycles. The van der Waals surface area contributed by atoms with Gasteiger partial charge in [0.15, 0.2) is 0 Å². The maximum Gasteiger partial charge on any atom is 0.0709 e. The molecule has 0 spiro atoms. The minimum absolute atomic E-state index is 0.0540. The van der Waals surface area contributed by atoms with Crippen LogP contribution in [-0.4, -0.2) is 23.8 Å². The van der Waals surface area contributed by atoms with Crippen LogP contribution in [0.5, 0.6) is 0 Å². The number of hydrogen-bond donors (Lipinski definition) is 2. The van der Waals surface area contributed by atoms with E-state index in [4.69, 9.17) is 5.73 Å². The Kier molecular flexibility index (Phi) is 3.74. The molecule has 110 valence electrons. The molecule has 2 unspecified atom stereocenters. The van der Waals surface area contributed by atoms with Gasteiger partial charge in [-0.3, -0.25) is 0 Å². The number of rotatable bonds is 2. The van der Waals surface area contributed by atoms with Crippen molar-refractivity contribution >= 4 is 5.69 Å². The zero-order valence-corrected chi connectivity index (χ0v) is 12.4. The highest BCUT2D eigenvalue weighted by atomic mass is 16.3. The molecule has 3 atom stereocenters. The zero-order chi connectivity index (χ0) is 14.2. The van der Waals surface area contributed by atoms with Gasteiger partial charge in [-0.1, -0.05) is 31.0 Å². The van der Waals surface area contributed by atoms with E-state index in [1.165, 1.54) is 24.1 Å². The molecule has 0 amide bonds. The van der Waals surface area contributed by atoms with E-state index >= 15 is 0 Å². The molecule has 1 aromatic rings. The molecule has 1 aliphatic carbocycles. The maximum absolute atomic E-state index is 10.8. The van der Waals surface area contributed by atoms with Gasteiger partial charge < -0.3 is 15.7 Å². The quantitative estimate of drug-likeness (QED) is 0.872. The van der Waals surface area contributed by atoms with Crippen molar-refractivity contribution in [3.63, 3.8) is 0 Å². The SMILES string of the molecule is C[C@H](N)c1ccccc1N1CCC2(O)CCCCC2C1. The predicted molar refractivity (Wildman–Crippen MR) is 82.8 cm³/mol. The van der Waals surface area contributed by atoms with Crippen LogP contribution in [0.15, 0.2) is 24.3 Å². The van der Waals surface area contributed by atoms with Gasteiger partial charge >= 0.3 is 0 Å². The van der Waals surface area contributed by atoms with Gasteiger partial charge in [-0.05, 0) is 37.8 Å². The summed E-state index contributed by atoms with van der Waals surface area (Å²) in [6.45, 7) is 3.96. The van der Waals surface area contributed by atoms with Crippen molar-refractivity contribution in [3.05, 3.63) is 29.8 Å². The first kappa shape index (κ1) is 13.9. The van der Waals surface area contributed by atoms with E-state index in [1.807, 2.05) is 6.92 Å². The molecule has 1 aromatic carbocycles. The van der Waals surface area contributed by atoms with E-state index < -0.39 is 5.60 Å². The van der Waals surface area contributed by atoms with Crippen molar-refractivity contribution < 1.29 is 5.11 Å². The number of para-hydroxylation sites is 1. The van der Waals surface area contributed by atoms with Crippen LogP contribution >= 0.6 is 0 Å². The van der Waals surface area contributed by atoms with Crippen LogP contribution in [0.25, 0.3) is 0 Å². The summed E-state index contributed by atoms with van der Waals surface area (Å²) in [5.74, 6) is 0.422. The lowest BCUT2D eigenvalue weighted by molar-refractivity contribution is -0.0612. The molecular formula is C17H26N2O. The van der Waals surface area contributed by atoms with Gasteiger partial charge in [0.1, 0.15) is 0 Å². The van der Waals surface area contributed by atoms with Crippen LogP contribution in [0.4, 0.5) is 5.69 Å². The molecule has 0 bridgehead atoms. The summed E-state index contributed by atoms with van der Waals surface area (Å²) in [5.41, 5.74) is 8.17. The smallest absolute Gasteiger partial charge is 0.0709 e. The Labute approximate surface area is 121 Å². The minimum Gasteiger partial charge on any atom is -0.389 e. The first-order valence-electron chi connectivity index (χ1n) is 7.92. The molecular weight excluding hydrogens is 248 g/mol. The molecule has 3 rings (SSSR count). The predicted octanol–water partition coefficient (Wildman–Crippen LogP) is 2.84. The second-order valence-corrected chi connectivity index (χ2v) is 6.59. The normalized spacial score (nSPS) is 31.8. The first-order chi connectivity index (χ1) is 9.60. The number of fused-ring (bicyclic) bond motifs is 1. The molecule has 3 heteroatoms. The Morgan fingerprint density at radius 3 is 2.90 bits per heavy atom. The summed E-state index contributed by atoms with van der Waals surface area (Å²) < 4.78 is 0. The van der Waals surface area contributed by atoms with E-state index in [1.54, 1.807) is 0 Å². The second kappa shape index (κ2) is 5.38. The van der Waals surface area contributed by atoms with Crippen LogP contribution in [0, 0.1) is 5.92 Å². The largest absolute Gasteiger partial charge is 0.389 e. The van der Waals surface area contributed by atoms with Crippen molar-refractivity contribution in [1.29, 1.82) is 0 Å². The highest BCUT2D eigenvalue weighted by molar-refractivity contribution is 5.55. The zero-order valence-electron chi connectivity index (χ0n) is 12.4. The fourth-order valence-corrected chi connectivity index (χ4v) is 3.95. The van der Waals surface area contributed by atoms with Crippen molar-refractivity contribution in [2.45, 2.75) is 50.7 Å². The van der Waals surface area contributed by atoms with Crippen molar-refractivity contribution in [1.82, 2.24) is 0 Å². The topological polar surface area (TPSA) is 49.5 Å². The number of anilines is 1. The Bertz CT molecular complexity index is 474. The number of hydrogen-bond acceptors (Lipinski definition) is 3. The molecule has 2 fully saturated rings. The van der Waals surface area contributed by atoms with Crippen LogP contribution in [0.3, 0.4) is 0 Å². The number of benzene rings is 1. The Morgan fingerprint density at radius 1 is 1.30 bits per heavy atom. The van der Waals surface area contributed by atoms with E-state index in [0.29, 0.717) is 5.92 Å². The summed E-state index contributed by atoms with van der Waals surface area (Å²) in [5, 5.41) is 10.8. The third kappa shape index (κ3) is 2.45. The van der Waals surface area contributed by atoms with E-state index in [0.717, 1.165) is 32.4 Å². The van der Waals surface area contributed by atoms with E-state index in [-0.39, 0.29) is 6.04 Å². The number of nitrogens with two attached hydrogens (primary N) is 1. The Balaban J connectivity index is 1.83. The van der Waals surface area contributed by atoms with Gasteiger partial charge in [-0.25, -0.2) is 0 Å². The summed E-state index contributed by atoms with van der Waals surface area (Å²) in [6, 6.07) is 8.50. The molecule has 1 saturated heterocycles. The van der Waals surface area contributed by atoms with Gasteiger partial charge in [0.25, 0.3) is 0 Å². The molecule has 3 N–H and O–H groups in total. The second-order valence-electron chi connectivity index (χ2n) is 6.59. The highest BCUT2D eigenvalue weighted by Crippen LogP contribution is 2.41. The van der Waals surface area contributed by atoms with Crippen molar-refractivity contribution in [3.8, 4) is 0 Å². The lowest BCUT2D eigenvalue weighted by Gasteiger charge is -2.48. The molecule has 1 heterocycles. The fraction of sp³-hybridized carbons (Fsp3) is 0.647. The third-order valence-electron chi connectivity index (χ3n) is 5.20. The average Bonchev–Trinajstić information content (AvgIpc) is 2.46. The standard InChI is InChI=1S/C17H26N2O/c1-13(18)15-7-2-3-8-16(15)19-11-10-17(20)9-5-4-6-14(17)12-19/h2-3,7-8,13-14,20H,4-6,9-12,18H2,1H3/t13-,14?,17?/m0/s1. The number of aliphatic hydroxyl groups is 1. The molecule has 0 aromatic heterocycles. The van der Waals surface area contributed by atoms with Gasteiger partial charge in [-0.15, -0.1) is 0 Å². The molecule has 1 aliphatic heterocycles. The van der Waals surface area contributed by atoms with E-state index in [9.17, 15) is 5.11 Å². The number of nitrogens with zero attached hydrogens (tertiary/aromatic N) is 1. The lowest BCUT2D eigenvalue weighted by Crippen LogP contribution is -2.53. The van der Waals surface area contributed by atoms with Gasteiger partial charge in [0.05, 0.1) is 5.60 Å². The van der Waals surface area contributed by atoms with E-state index in [2.05, 4.69) is 29.2 Å². The fourth-order valence-electron chi connectivity index (χ4n) is 3.95. The summed E-state index contributed by atoms with van der Waals surface area (Å²) >= 11 is 0. The van der Waals surface area contributed by atoms with Crippen LogP contribution in [0.1, 0.15) is 50.6 Å². The van der Waals surface area contributed by atoms with Gasteiger partial charge in [0, 0.05) is 30.7 Å². The van der Waals surface area contributed by atoms with Crippen LogP contribution in [-0.2, 0) is 0 Å². The maximum atomic E-state index is 10.8. The molecule has 2 aliphatic rings. The average molecular weight is 274 g/mol. The Morgan fingerprint density at radius 2 is 2.10 bits per heavy atom. The van der Waals surface area contributed by atoms with Crippen LogP contribution in [0.2, 0.25) is 0 Å².